The number of Topliss-reactive ketones (excluding diaryl/α,β-unsaturated/α-hetero) is 2. The largest absolute Gasteiger partial charge is 0.507 e. The molecule has 2 aromatic rings. The number of carboxylic acids is 1. The van der Waals surface area contributed by atoms with Crippen LogP contribution < -0.4 is 10.7 Å². The molecule has 85 heavy (non-hydrogen) atoms. The van der Waals surface area contributed by atoms with E-state index in [2.05, 4.69) is 5.32 Å². The molecule has 2 aliphatic carbocycles. The fraction of sp³-hybridized carbons (Fsp3) is 0.554. The number of amides is 2. The van der Waals surface area contributed by atoms with Crippen molar-refractivity contribution in [1.82, 2.24) is 10.2 Å². The number of piperidine rings is 1. The highest BCUT2D eigenvalue weighted by molar-refractivity contribution is 6.39. The third-order valence-corrected chi connectivity index (χ3v) is 18.0. The van der Waals surface area contributed by atoms with Gasteiger partial charge in [0.15, 0.2) is 5.43 Å². The molecule has 1 saturated carbocycles. The molecule has 14 atom stereocenters. The molecule has 2 amide bonds. The van der Waals surface area contributed by atoms with Gasteiger partial charge in [0.2, 0.25) is 5.79 Å². The summed E-state index contributed by atoms with van der Waals surface area (Å²) in [6.07, 6.45) is 0.864. The summed E-state index contributed by atoms with van der Waals surface area (Å²) in [4.78, 5) is 98.1. The van der Waals surface area contributed by atoms with Crippen LogP contribution in [0.4, 0.5) is 4.79 Å². The maximum absolute atomic E-state index is 14.7. The minimum atomic E-state index is -2.61. The molecule has 460 valence electrons. The fourth-order valence-electron chi connectivity index (χ4n) is 13.1. The zero-order valence-electron chi connectivity index (χ0n) is 49.7. The Labute approximate surface area is 494 Å². The predicted octanol–water partition coefficient (Wildman–Crippen LogP) is 8.28. The maximum atomic E-state index is 14.7. The number of carbonyl (C=O) groups is 6. The zero-order chi connectivity index (χ0) is 61.6. The van der Waals surface area contributed by atoms with Crippen LogP contribution in [0.2, 0.25) is 0 Å². The van der Waals surface area contributed by atoms with E-state index < -0.39 is 108 Å². The minimum absolute atomic E-state index is 0.00256. The average Bonchev–Trinajstić information content (AvgIpc) is 1.48. The van der Waals surface area contributed by atoms with E-state index in [0.717, 1.165) is 10.5 Å². The van der Waals surface area contributed by atoms with Crippen molar-refractivity contribution in [1.29, 1.82) is 0 Å². The van der Waals surface area contributed by atoms with Gasteiger partial charge >= 0.3 is 18.0 Å². The number of benzene rings is 3. The van der Waals surface area contributed by atoms with Crippen molar-refractivity contribution < 1.29 is 82.4 Å². The van der Waals surface area contributed by atoms with Crippen LogP contribution in [0, 0.1) is 35.5 Å². The van der Waals surface area contributed by atoms with Crippen LogP contribution in [0.1, 0.15) is 128 Å². The van der Waals surface area contributed by atoms with Gasteiger partial charge < -0.3 is 63.9 Å². The molecule has 0 aromatic heterocycles. The molecule has 2 aromatic carbocycles. The Morgan fingerprint density at radius 3 is 2.32 bits per heavy atom. The summed E-state index contributed by atoms with van der Waals surface area (Å²) < 4.78 is 36.5. The van der Waals surface area contributed by atoms with Crippen molar-refractivity contribution in [3.63, 3.8) is 0 Å². The topological polar surface area (TPSA) is 295 Å². The molecule has 2 saturated heterocycles. The number of ketones is 2. The second-order valence-corrected chi connectivity index (χ2v) is 24.2. The third kappa shape index (κ3) is 14.4. The Kier molecular flexibility index (Phi) is 20.9. The van der Waals surface area contributed by atoms with Gasteiger partial charge in [0.25, 0.3) is 11.7 Å². The number of hydrogen-bond donors (Lipinski definition) is 6. The summed E-state index contributed by atoms with van der Waals surface area (Å²) in [6, 6.07) is 12.2. The normalized spacial score (nSPS) is 31.3. The fourth-order valence-corrected chi connectivity index (χ4v) is 13.1. The average molecular weight is 1180 g/mol. The van der Waals surface area contributed by atoms with Gasteiger partial charge in [-0.25, -0.2) is 14.4 Å². The quantitative estimate of drug-likeness (QED) is 0.0356. The molecule has 6 N–H and O–H groups in total. The first-order chi connectivity index (χ1) is 40.4. The molecule has 6 aliphatic rings. The van der Waals surface area contributed by atoms with E-state index in [1.807, 2.05) is 26.8 Å². The van der Waals surface area contributed by atoms with Gasteiger partial charge in [0.05, 0.1) is 48.7 Å². The lowest BCUT2D eigenvalue weighted by Crippen LogP contribution is -2.64. The van der Waals surface area contributed by atoms with Gasteiger partial charge in [-0.1, -0.05) is 63.6 Å². The van der Waals surface area contributed by atoms with E-state index in [-0.39, 0.29) is 90.4 Å². The van der Waals surface area contributed by atoms with E-state index in [0.29, 0.717) is 72.6 Å². The summed E-state index contributed by atoms with van der Waals surface area (Å²) in [5, 5.41) is 59.4. The molecule has 4 aliphatic heterocycles. The minimum Gasteiger partial charge on any atom is -0.507 e. The van der Waals surface area contributed by atoms with Gasteiger partial charge in [-0.2, -0.15) is 0 Å². The van der Waals surface area contributed by atoms with Crippen molar-refractivity contribution >= 4 is 46.5 Å². The number of nitrogens with zero attached hydrogens (tertiary/aromatic N) is 1. The number of fused-ring (bicyclic) bond motifs is 5. The SMILES string of the molecule is CO[C@H]1CC(C)C2(O)O[C@@H]1[C@@H](OC)C[C@@H](C)C/C(C)=C/[C@@H](CCOC(=O)NCc1c(O)ccc3c(-c4ccccc4C(=O)O)c4ccc(=O)cc-4oc13)C(=O)CC(O)[C@@H](C)[C@@H](/C(C)=C/C1CCC(O)C(C)C1)OC(=O)C1CCCCN1C(=O)C2=O. The van der Waals surface area contributed by atoms with Crippen molar-refractivity contribution in [2.45, 2.75) is 167 Å². The highest BCUT2D eigenvalue weighted by atomic mass is 16.7. The van der Waals surface area contributed by atoms with Crippen LogP contribution in [0.15, 0.2) is 87.1 Å². The van der Waals surface area contributed by atoms with Crippen LogP contribution in [0.3, 0.4) is 0 Å². The second-order valence-electron chi connectivity index (χ2n) is 24.2. The van der Waals surface area contributed by atoms with Gasteiger partial charge in [-0.3, -0.25) is 19.2 Å². The van der Waals surface area contributed by atoms with E-state index >= 15 is 0 Å². The summed E-state index contributed by atoms with van der Waals surface area (Å²) in [5.74, 6) is -10.4. The number of alkyl carbamates (subject to hydrolysis) is 1. The summed E-state index contributed by atoms with van der Waals surface area (Å²) >= 11 is 0. The smallest absolute Gasteiger partial charge is 0.407 e. The van der Waals surface area contributed by atoms with E-state index in [4.69, 9.17) is 28.1 Å². The van der Waals surface area contributed by atoms with Crippen molar-refractivity contribution in [2.75, 3.05) is 27.4 Å². The molecular formula is C65H82N2O18. The van der Waals surface area contributed by atoms with Gasteiger partial charge in [0, 0.05) is 67.5 Å². The number of aromatic hydroxyl groups is 1. The van der Waals surface area contributed by atoms with Crippen molar-refractivity contribution in [3.05, 3.63) is 99.2 Å². The number of ether oxygens (including phenoxy) is 5. The number of phenolic OH excluding ortho intramolecular Hbond substituents is 1. The van der Waals surface area contributed by atoms with E-state index in [1.165, 1.54) is 44.6 Å². The van der Waals surface area contributed by atoms with Crippen LogP contribution in [0.5, 0.6) is 5.75 Å². The highest BCUT2D eigenvalue weighted by Crippen LogP contribution is 2.44. The lowest BCUT2D eigenvalue weighted by molar-refractivity contribution is -0.302. The number of aliphatic hydroxyl groups excluding tert-OH is 2. The number of esters is 1. The molecule has 8 rings (SSSR count). The Balaban J connectivity index is 1.08. The highest BCUT2D eigenvalue weighted by Gasteiger charge is 2.57. The second kappa shape index (κ2) is 27.7. The summed E-state index contributed by atoms with van der Waals surface area (Å²) in [7, 11) is 2.96. The molecule has 4 heterocycles. The number of methoxy groups -OCH3 is 2. The molecular weight excluding hydrogens is 1100 g/mol. The van der Waals surface area contributed by atoms with E-state index in [9.17, 15) is 59.1 Å². The number of aromatic carboxylic acids is 1. The van der Waals surface area contributed by atoms with Gasteiger partial charge in [0.1, 0.15) is 41.1 Å². The summed E-state index contributed by atoms with van der Waals surface area (Å²) in [5.41, 5.74) is 2.34. The molecule has 20 heteroatoms. The number of cyclic esters (lactones) is 1. The Morgan fingerprint density at radius 1 is 0.871 bits per heavy atom. The number of phenols is 1. The Morgan fingerprint density at radius 2 is 1.60 bits per heavy atom. The molecule has 20 nitrogen and oxygen atoms in total. The van der Waals surface area contributed by atoms with Crippen LogP contribution in [-0.4, -0.2) is 142 Å². The first-order valence-electron chi connectivity index (χ1n) is 29.6. The number of carboxylic acid groups (broad SMARTS) is 1. The van der Waals surface area contributed by atoms with Crippen LogP contribution in [0.25, 0.3) is 33.4 Å². The standard InChI is InChI=1S/C65H82N2O18/c1-34-25-35(2)27-54(80-7)59-55(81-8)30-38(5)65(79,85-59)60(73)61(74)67-23-12-11-15-48(67)63(77)84-57(37(4)29-40-16-20-49(69)36(3)28-40)39(6)51(71)32-52(72)41(26-34)22-24-82-64(78)66-33-47-50(70)21-19-46-56(43-13-9-10-14-44(43)62(75)76)45-18-17-42(68)31-53(45)83-58(46)47/h9-10,13-14,17-19,21,26,29,31,35-36,38-41,48-49,51,54-55,57,59,69-71,79H,11-12,15-16,20,22-25,27-28,30,32-33H2,1-8H3,(H,66,78)(H,75,76)/b34-26+,37-29+/t35-,36?,38?,39+,40?,41+,48?,49?,51?,54-,55-,57+,59+,65?/m0/s1. The number of allylic oxidation sites excluding steroid dienone is 3. The van der Waals surface area contributed by atoms with Gasteiger partial charge in [-0.15, -0.1) is 0 Å². The summed E-state index contributed by atoms with van der Waals surface area (Å²) in [6.45, 7) is 10.2. The molecule has 0 spiro atoms. The number of rotatable bonds is 11. The van der Waals surface area contributed by atoms with Crippen molar-refractivity contribution in [3.8, 4) is 28.2 Å². The monoisotopic (exact) mass is 1180 g/mol. The van der Waals surface area contributed by atoms with Crippen LogP contribution >= 0.6 is 0 Å². The zero-order valence-corrected chi connectivity index (χ0v) is 49.7. The number of nitrogens with one attached hydrogen (secondary N) is 1. The molecule has 0 radical (unpaired) electrons. The first kappa shape index (κ1) is 64.2. The number of hydrogen-bond acceptors (Lipinski definition) is 17. The van der Waals surface area contributed by atoms with Crippen molar-refractivity contribution in [2.24, 2.45) is 35.5 Å². The number of aliphatic hydroxyl groups is 3. The predicted molar refractivity (Wildman–Crippen MR) is 312 cm³/mol. The molecule has 7 unspecified atom stereocenters. The van der Waals surface area contributed by atoms with Crippen LogP contribution in [-0.2, 0) is 49.4 Å². The number of carbonyl (C=O) groups excluding carboxylic acids is 5. The molecule has 3 fully saturated rings. The van der Waals surface area contributed by atoms with Gasteiger partial charge in [-0.05, 0) is 137 Å². The Bertz CT molecular complexity index is 3200. The third-order valence-electron chi connectivity index (χ3n) is 18.0. The first-order valence-corrected chi connectivity index (χ1v) is 29.6. The Hall–Kier alpha value is -6.81. The maximum Gasteiger partial charge on any atom is 0.407 e. The lowest BCUT2D eigenvalue weighted by atomic mass is 9.78. The lowest BCUT2D eigenvalue weighted by Gasteiger charge is -2.47. The van der Waals surface area contributed by atoms with E-state index in [1.54, 1.807) is 51.1 Å². The molecule has 2 bridgehead atoms.